The van der Waals surface area contributed by atoms with Crippen molar-refractivity contribution in [2.75, 3.05) is 12.4 Å². The van der Waals surface area contributed by atoms with Crippen LogP contribution < -0.4 is 5.32 Å². The standard InChI is InChI=1S/C14H14ClNO/c1-16-13-8-7-11(15)9-12(13)14(17)10-5-3-2-4-6-10/h2-9,14,16-17H,1H3. The van der Waals surface area contributed by atoms with Crippen molar-refractivity contribution in [3.63, 3.8) is 0 Å². The Bertz CT molecular complexity index is 499. The molecule has 17 heavy (non-hydrogen) atoms. The van der Waals surface area contributed by atoms with Crippen LogP contribution in [-0.4, -0.2) is 12.2 Å². The molecule has 0 aliphatic carbocycles. The molecule has 0 amide bonds. The van der Waals surface area contributed by atoms with Crippen LogP contribution in [0, 0.1) is 0 Å². The Labute approximate surface area is 106 Å². The fourth-order valence-corrected chi connectivity index (χ4v) is 1.98. The number of hydrogen-bond donors (Lipinski definition) is 2. The summed E-state index contributed by atoms with van der Waals surface area (Å²) in [5.41, 5.74) is 2.52. The van der Waals surface area contributed by atoms with Crippen molar-refractivity contribution >= 4 is 17.3 Å². The van der Waals surface area contributed by atoms with E-state index in [1.165, 1.54) is 0 Å². The first-order valence-electron chi connectivity index (χ1n) is 5.42. The summed E-state index contributed by atoms with van der Waals surface area (Å²) < 4.78 is 0. The largest absolute Gasteiger partial charge is 0.388 e. The predicted molar refractivity (Wildman–Crippen MR) is 71.5 cm³/mol. The van der Waals surface area contributed by atoms with Crippen molar-refractivity contribution in [3.8, 4) is 0 Å². The molecule has 0 saturated heterocycles. The Balaban J connectivity index is 2.43. The summed E-state index contributed by atoms with van der Waals surface area (Å²) in [6.45, 7) is 0. The molecular weight excluding hydrogens is 234 g/mol. The Morgan fingerprint density at radius 1 is 1.12 bits per heavy atom. The van der Waals surface area contributed by atoms with Gasteiger partial charge in [0.2, 0.25) is 0 Å². The molecule has 0 aliphatic rings. The van der Waals surface area contributed by atoms with Gasteiger partial charge in [0.05, 0.1) is 0 Å². The fourth-order valence-electron chi connectivity index (χ4n) is 1.80. The van der Waals surface area contributed by atoms with Crippen LogP contribution in [0.4, 0.5) is 5.69 Å². The van der Waals surface area contributed by atoms with E-state index in [2.05, 4.69) is 5.32 Å². The summed E-state index contributed by atoms with van der Waals surface area (Å²) >= 11 is 5.97. The lowest BCUT2D eigenvalue weighted by Crippen LogP contribution is -2.03. The third kappa shape index (κ3) is 2.60. The molecule has 0 spiro atoms. The number of anilines is 1. The summed E-state index contributed by atoms with van der Waals surface area (Å²) in [6.07, 6.45) is -0.669. The molecule has 2 nitrogen and oxygen atoms in total. The normalized spacial score (nSPS) is 12.2. The van der Waals surface area contributed by atoms with Crippen LogP contribution in [0.3, 0.4) is 0 Å². The molecule has 3 heteroatoms. The monoisotopic (exact) mass is 247 g/mol. The first-order chi connectivity index (χ1) is 8.22. The van der Waals surface area contributed by atoms with E-state index in [-0.39, 0.29) is 0 Å². The van der Waals surface area contributed by atoms with Crippen LogP contribution in [-0.2, 0) is 0 Å². The molecule has 0 bridgehead atoms. The lowest BCUT2D eigenvalue weighted by atomic mass is 10.00. The van der Waals surface area contributed by atoms with Gasteiger partial charge in [-0.1, -0.05) is 41.9 Å². The molecule has 0 radical (unpaired) electrons. The first-order valence-corrected chi connectivity index (χ1v) is 5.80. The second kappa shape index (κ2) is 5.21. The number of halogens is 1. The van der Waals surface area contributed by atoms with Crippen molar-refractivity contribution in [1.82, 2.24) is 0 Å². The van der Waals surface area contributed by atoms with E-state index in [1.807, 2.05) is 43.4 Å². The second-order valence-electron chi connectivity index (χ2n) is 3.79. The van der Waals surface area contributed by atoms with Crippen LogP contribution in [0.2, 0.25) is 5.02 Å². The zero-order valence-electron chi connectivity index (χ0n) is 9.52. The quantitative estimate of drug-likeness (QED) is 0.871. The molecular formula is C14H14ClNO. The van der Waals surface area contributed by atoms with Crippen molar-refractivity contribution in [2.45, 2.75) is 6.10 Å². The average molecular weight is 248 g/mol. The Kier molecular flexibility index (Phi) is 3.67. The molecule has 0 saturated carbocycles. The van der Waals surface area contributed by atoms with Crippen LogP contribution >= 0.6 is 11.6 Å². The van der Waals surface area contributed by atoms with Gasteiger partial charge in [-0.3, -0.25) is 0 Å². The van der Waals surface area contributed by atoms with Crippen LogP contribution in [0.5, 0.6) is 0 Å². The molecule has 0 fully saturated rings. The summed E-state index contributed by atoms with van der Waals surface area (Å²) in [6, 6.07) is 15.0. The van der Waals surface area contributed by atoms with E-state index in [4.69, 9.17) is 11.6 Å². The highest BCUT2D eigenvalue weighted by atomic mass is 35.5. The minimum Gasteiger partial charge on any atom is -0.388 e. The average Bonchev–Trinajstić information content (AvgIpc) is 2.39. The molecule has 0 aromatic heterocycles. The van der Waals surface area contributed by atoms with E-state index in [0.29, 0.717) is 5.02 Å². The van der Waals surface area contributed by atoms with Gasteiger partial charge in [-0.05, 0) is 23.8 Å². The Morgan fingerprint density at radius 3 is 2.47 bits per heavy atom. The molecule has 88 valence electrons. The van der Waals surface area contributed by atoms with Gasteiger partial charge in [0, 0.05) is 23.3 Å². The van der Waals surface area contributed by atoms with Crippen LogP contribution in [0.25, 0.3) is 0 Å². The number of benzene rings is 2. The van der Waals surface area contributed by atoms with Crippen molar-refractivity contribution in [2.24, 2.45) is 0 Å². The molecule has 0 aliphatic heterocycles. The van der Waals surface area contributed by atoms with Crippen molar-refractivity contribution in [3.05, 3.63) is 64.7 Å². The SMILES string of the molecule is CNc1ccc(Cl)cc1C(O)c1ccccc1. The molecule has 1 unspecified atom stereocenters. The van der Waals surface area contributed by atoms with Gasteiger partial charge in [0.15, 0.2) is 0 Å². The number of aliphatic hydroxyl groups excluding tert-OH is 1. The van der Waals surface area contributed by atoms with Gasteiger partial charge >= 0.3 is 0 Å². The van der Waals surface area contributed by atoms with Gasteiger partial charge in [0.1, 0.15) is 6.10 Å². The van der Waals surface area contributed by atoms with Gasteiger partial charge in [-0.2, -0.15) is 0 Å². The van der Waals surface area contributed by atoms with E-state index in [0.717, 1.165) is 16.8 Å². The number of aliphatic hydroxyl groups is 1. The zero-order chi connectivity index (χ0) is 12.3. The van der Waals surface area contributed by atoms with E-state index >= 15 is 0 Å². The van der Waals surface area contributed by atoms with Crippen molar-refractivity contribution < 1.29 is 5.11 Å². The third-order valence-corrected chi connectivity index (χ3v) is 2.93. The van der Waals surface area contributed by atoms with Crippen molar-refractivity contribution in [1.29, 1.82) is 0 Å². The summed E-state index contributed by atoms with van der Waals surface area (Å²) in [7, 11) is 1.82. The minimum atomic E-state index is -0.669. The third-order valence-electron chi connectivity index (χ3n) is 2.69. The second-order valence-corrected chi connectivity index (χ2v) is 4.23. The Hall–Kier alpha value is -1.51. The maximum Gasteiger partial charge on any atom is 0.106 e. The number of nitrogens with one attached hydrogen (secondary N) is 1. The molecule has 1 atom stereocenters. The lowest BCUT2D eigenvalue weighted by Gasteiger charge is -2.16. The highest BCUT2D eigenvalue weighted by Gasteiger charge is 2.14. The van der Waals surface area contributed by atoms with E-state index in [1.54, 1.807) is 12.1 Å². The summed E-state index contributed by atoms with van der Waals surface area (Å²) in [5.74, 6) is 0. The van der Waals surface area contributed by atoms with E-state index < -0.39 is 6.10 Å². The minimum absolute atomic E-state index is 0.619. The van der Waals surface area contributed by atoms with Crippen LogP contribution in [0.1, 0.15) is 17.2 Å². The molecule has 2 aromatic rings. The molecule has 2 rings (SSSR count). The summed E-state index contributed by atoms with van der Waals surface area (Å²) in [4.78, 5) is 0. The molecule has 2 N–H and O–H groups in total. The predicted octanol–water partition coefficient (Wildman–Crippen LogP) is 3.46. The fraction of sp³-hybridized carbons (Fsp3) is 0.143. The van der Waals surface area contributed by atoms with Gasteiger partial charge in [-0.25, -0.2) is 0 Å². The summed E-state index contributed by atoms with van der Waals surface area (Å²) in [5, 5.41) is 14.0. The lowest BCUT2D eigenvalue weighted by molar-refractivity contribution is 0.221. The van der Waals surface area contributed by atoms with Crippen LogP contribution in [0.15, 0.2) is 48.5 Å². The van der Waals surface area contributed by atoms with E-state index in [9.17, 15) is 5.11 Å². The first kappa shape index (κ1) is 12.0. The highest BCUT2D eigenvalue weighted by molar-refractivity contribution is 6.30. The molecule has 2 aromatic carbocycles. The number of hydrogen-bond acceptors (Lipinski definition) is 2. The van der Waals surface area contributed by atoms with Gasteiger partial charge < -0.3 is 10.4 Å². The maximum absolute atomic E-state index is 10.3. The smallest absolute Gasteiger partial charge is 0.106 e. The maximum atomic E-state index is 10.3. The topological polar surface area (TPSA) is 32.3 Å². The highest BCUT2D eigenvalue weighted by Crippen LogP contribution is 2.30. The Morgan fingerprint density at radius 2 is 1.82 bits per heavy atom. The molecule has 0 heterocycles. The number of rotatable bonds is 3. The van der Waals surface area contributed by atoms with Gasteiger partial charge in [-0.15, -0.1) is 0 Å². The van der Waals surface area contributed by atoms with Gasteiger partial charge in [0.25, 0.3) is 0 Å². The zero-order valence-corrected chi connectivity index (χ0v) is 10.3.